The Kier molecular flexibility index (Phi) is 3.19. The minimum Gasteiger partial charge on any atom is -0.352 e. The summed E-state index contributed by atoms with van der Waals surface area (Å²) in [7, 11) is 0. The van der Waals surface area contributed by atoms with Gasteiger partial charge in [0.05, 0.1) is 0 Å². The summed E-state index contributed by atoms with van der Waals surface area (Å²) in [6.07, 6.45) is 0. The normalized spacial score (nSPS) is 22.4. The molecule has 0 radical (unpaired) electrons. The van der Waals surface area contributed by atoms with Crippen molar-refractivity contribution < 1.29 is 0 Å². The van der Waals surface area contributed by atoms with Crippen LogP contribution in [0.15, 0.2) is 18.2 Å². The van der Waals surface area contributed by atoms with Crippen LogP contribution < -0.4 is 4.90 Å². The highest BCUT2D eigenvalue weighted by Crippen LogP contribution is 2.22. The summed E-state index contributed by atoms with van der Waals surface area (Å²) < 4.78 is 0. The molecule has 0 aromatic carbocycles. The first-order valence-electron chi connectivity index (χ1n) is 4.74. The highest BCUT2D eigenvalue weighted by Gasteiger charge is 2.19. The lowest BCUT2D eigenvalue weighted by Gasteiger charge is -2.34. The molecule has 1 unspecified atom stereocenters. The summed E-state index contributed by atoms with van der Waals surface area (Å²) in [5, 5.41) is 0.577. The quantitative estimate of drug-likeness (QED) is 0.688. The molecule has 1 fully saturated rings. The number of rotatable bonds is 1. The van der Waals surface area contributed by atoms with E-state index in [9.17, 15) is 0 Å². The number of aromatic nitrogens is 1. The van der Waals surface area contributed by atoms with Crippen LogP contribution in [0.5, 0.6) is 0 Å². The van der Waals surface area contributed by atoms with E-state index >= 15 is 0 Å². The lowest BCUT2D eigenvalue weighted by Crippen LogP contribution is -2.40. The lowest BCUT2D eigenvalue weighted by atomic mass is 10.3. The van der Waals surface area contributed by atoms with E-state index in [1.54, 1.807) is 0 Å². The number of anilines is 1. The van der Waals surface area contributed by atoms with Gasteiger partial charge in [-0.05, 0) is 19.1 Å². The van der Waals surface area contributed by atoms with Gasteiger partial charge in [-0.25, -0.2) is 4.98 Å². The average Bonchev–Trinajstić information content (AvgIpc) is 2.18. The molecule has 1 aliphatic rings. The average molecular weight is 229 g/mol. The number of nitrogens with zero attached hydrogens (tertiary/aromatic N) is 2. The van der Waals surface area contributed by atoms with Crippen LogP contribution in [0.4, 0.5) is 5.82 Å². The molecule has 0 spiro atoms. The van der Waals surface area contributed by atoms with Gasteiger partial charge in [0.2, 0.25) is 0 Å². The zero-order chi connectivity index (χ0) is 9.97. The molecule has 2 rings (SSSR count). The van der Waals surface area contributed by atoms with Crippen molar-refractivity contribution in [1.82, 2.24) is 4.98 Å². The fourth-order valence-electron chi connectivity index (χ4n) is 1.63. The first-order valence-corrected chi connectivity index (χ1v) is 6.27. The van der Waals surface area contributed by atoms with Crippen LogP contribution in [0.3, 0.4) is 0 Å². The second kappa shape index (κ2) is 4.41. The predicted molar refractivity (Wildman–Crippen MR) is 63.4 cm³/mol. The van der Waals surface area contributed by atoms with Crippen molar-refractivity contribution in [1.29, 1.82) is 0 Å². The molecule has 1 aliphatic heterocycles. The Hall–Kier alpha value is -0.410. The van der Waals surface area contributed by atoms with Crippen LogP contribution >= 0.6 is 23.4 Å². The summed E-state index contributed by atoms with van der Waals surface area (Å²) in [5.74, 6) is 3.36. The number of halogens is 1. The van der Waals surface area contributed by atoms with Crippen LogP contribution in [-0.2, 0) is 0 Å². The topological polar surface area (TPSA) is 16.1 Å². The van der Waals surface area contributed by atoms with E-state index in [1.807, 2.05) is 30.0 Å². The molecule has 2 heterocycles. The first-order chi connectivity index (χ1) is 6.77. The van der Waals surface area contributed by atoms with Crippen molar-refractivity contribution in [2.75, 3.05) is 23.0 Å². The second-order valence-corrected chi connectivity index (χ2v) is 4.97. The standard InChI is InChI=1S/C10H13ClN2S/c1-8-7-14-6-5-13(8)10-4-2-3-9(11)12-10/h2-4,8H,5-7H2,1H3. The molecule has 2 nitrogen and oxygen atoms in total. The van der Waals surface area contributed by atoms with E-state index < -0.39 is 0 Å². The van der Waals surface area contributed by atoms with Crippen LogP contribution in [0.1, 0.15) is 6.92 Å². The van der Waals surface area contributed by atoms with Gasteiger partial charge in [0.25, 0.3) is 0 Å². The molecule has 0 bridgehead atoms. The maximum Gasteiger partial charge on any atom is 0.131 e. The Labute approximate surface area is 93.7 Å². The van der Waals surface area contributed by atoms with Crippen LogP contribution in [0.25, 0.3) is 0 Å². The monoisotopic (exact) mass is 228 g/mol. The predicted octanol–water partition coefficient (Wildman–Crippen LogP) is 2.68. The molecule has 4 heteroatoms. The minimum atomic E-state index is 0.555. The maximum atomic E-state index is 5.87. The number of hydrogen-bond acceptors (Lipinski definition) is 3. The highest BCUT2D eigenvalue weighted by atomic mass is 35.5. The Morgan fingerprint density at radius 3 is 3.14 bits per heavy atom. The van der Waals surface area contributed by atoms with Crippen molar-refractivity contribution in [3.05, 3.63) is 23.4 Å². The summed E-state index contributed by atoms with van der Waals surface area (Å²) in [5.41, 5.74) is 0. The third-order valence-corrected chi connectivity index (χ3v) is 3.76. The van der Waals surface area contributed by atoms with Gasteiger partial charge in [-0.2, -0.15) is 11.8 Å². The molecule has 0 amide bonds. The maximum absolute atomic E-state index is 5.87. The Morgan fingerprint density at radius 1 is 1.57 bits per heavy atom. The van der Waals surface area contributed by atoms with E-state index in [0.717, 1.165) is 12.4 Å². The number of thioether (sulfide) groups is 1. The van der Waals surface area contributed by atoms with Gasteiger partial charge in [-0.3, -0.25) is 0 Å². The van der Waals surface area contributed by atoms with Crippen molar-refractivity contribution in [3.8, 4) is 0 Å². The van der Waals surface area contributed by atoms with Gasteiger partial charge in [-0.1, -0.05) is 17.7 Å². The fourth-order valence-corrected chi connectivity index (χ4v) is 2.80. The largest absolute Gasteiger partial charge is 0.352 e. The van der Waals surface area contributed by atoms with Gasteiger partial charge >= 0.3 is 0 Å². The third-order valence-electron chi connectivity index (χ3n) is 2.36. The second-order valence-electron chi connectivity index (χ2n) is 3.44. The summed E-state index contributed by atoms with van der Waals surface area (Å²) in [6.45, 7) is 3.30. The van der Waals surface area contributed by atoms with E-state index in [0.29, 0.717) is 11.2 Å². The Morgan fingerprint density at radius 2 is 2.43 bits per heavy atom. The van der Waals surface area contributed by atoms with Gasteiger partial charge in [-0.15, -0.1) is 0 Å². The van der Waals surface area contributed by atoms with Gasteiger partial charge in [0.1, 0.15) is 11.0 Å². The SMILES string of the molecule is CC1CSCCN1c1cccc(Cl)n1. The third kappa shape index (κ3) is 2.15. The molecule has 0 N–H and O–H groups in total. The minimum absolute atomic E-state index is 0.555. The molecular weight excluding hydrogens is 216 g/mol. The molecule has 1 aromatic rings. The highest BCUT2D eigenvalue weighted by molar-refractivity contribution is 7.99. The fraction of sp³-hybridized carbons (Fsp3) is 0.500. The molecule has 1 aromatic heterocycles. The van der Waals surface area contributed by atoms with Crippen molar-refractivity contribution >= 4 is 29.2 Å². The zero-order valence-corrected chi connectivity index (χ0v) is 9.68. The zero-order valence-electron chi connectivity index (χ0n) is 8.11. The van der Waals surface area contributed by atoms with Gasteiger partial charge in [0, 0.05) is 24.1 Å². The van der Waals surface area contributed by atoms with Crippen LogP contribution in [0, 0.1) is 0 Å². The molecule has 0 saturated carbocycles. The van der Waals surface area contributed by atoms with Crippen molar-refractivity contribution in [2.24, 2.45) is 0 Å². The van der Waals surface area contributed by atoms with Crippen molar-refractivity contribution in [2.45, 2.75) is 13.0 Å². The smallest absolute Gasteiger partial charge is 0.131 e. The van der Waals surface area contributed by atoms with Gasteiger partial charge in [0.15, 0.2) is 0 Å². The Bertz CT molecular complexity index is 319. The van der Waals surface area contributed by atoms with Crippen LogP contribution in [-0.4, -0.2) is 29.1 Å². The summed E-state index contributed by atoms with van der Waals surface area (Å²) in [6, 6.07) is 6.35. The first kappa shape index (κ1) is 10.1. The van der Waals surface area contributed by atoms with E-state index in [2.05, 4.69) is 16.8 Å². The number of pyridine rings is 1. The molecule has 0 aliphatic carbocycles. The van der Waals surface area contributed by atoms with E-state index in [-0.39, 0.29) is 0 Å². The number of hydrogen-bond donors (Lipinski definition) is 0. The van der Waals surface area contributed by atoms with E-state index in [4.69, 9.17) is 11.6 Å². The summed E-state index contributed by atoms with van der Waals surface area (Å²) >= 11 is 7.87. The lowest BCUT2D eigenvalue weighted by molar-refractivity contribution is 0.690. The van der Waals surface area contributed by atoms with Crippen molar-refractivity contribution in [3.63, 3.8) is 0 Å². The molecular formula is C10H13ClN2S. The van der Waals surface area contributed by atoms with Gasteiger partial charge < -0.3 is 4.90 Å². The molecule has 1 atom stereocenters. The Balaban J connectivity index is 2.20. The molecule has 1 saturated heterocycles. The summed E-state index contributed by atoms with van der Waals surface area (Å²) in [4.78, 5) is 6.65. The molecule has 76 valence electrons. The van der Waals surface area contributed by atoms with E-state index in [1.165, 1.54) is 11.5 Å². The van der Waals surface area contributed by atoms with Crippen LogP contribution in [0.2, 0.25) is 5.15 Å². The molecule has 14 heavy (non-hydrogen) atoms.